The van der Waals surface area contributed by atoms with Crippen LogP contribution in [-0.2, 0) is 0 Å². The molecule has 1 N–H and O–H groups in total. The molecule has 27 heavy (non-hydrogen) atoms. The SMILES string of the molecule is O=C(/C(=N/N=C/c1c[nH]c2ccccc12)c1ccccc1)c1ccccc1. The number of H-pyrrole nitrogens is 1. The Balaban J connectivity index is 1.71. The summed E-state index contributed by atoms with van der Waals surface area (Å²) < 4.78 is 0. The molecular weight excluding hydrogens is 334 g/mol. The summed E-state index contributed by atoms with van der Waals surface area (Å²) in [6.07, 6.45) is 3.55. The number of aromatic amines is 1. The molecule has 0 bridgehead atoms. The maximum atomic E-state index is 12.9. The molecule has 1 heterocycles. The molecule has 4 aromatic rings. The number of aromatic nitrogens is 1. The molecule has 0 unspecified atom stereocenters. The second-order valence-corrected chi connectivity index (χ2v) is 6.04. The van der Waals surface area contributed by atoms with E-state index >= 15 is 0 Å². The van der Waals surface area contributed by atoms with Gasteiger partial charge in [0.1, 0.15) is 5.71 Å². The standard InChI is InChI=1S/C23H17N3O/c27-23(18-11-5-2-6-12-18)22(17-9-3-1-4-10-17)26-25-16-19-15-24-21-14-8-7-13-20(19)21/h1-16,24H/b25-16+,26-22+. The van der Waals surface area contributed by atoms with E-state index in [1.165, 1.54) is 0 Å². The zero-order chi connectivity index (χ0) is 18.5. The third-order valence-corrected chi connectivity index (χ3v) is 4.27. The maximum absolute atomic E-state index is 12.9. The predicted octanol–water partition coefficient (Wildman–Crippen LogP) is 4.87. The third-order valence-electron chi connectivity index (χ3n) is 4.27. The van der Waals surface area contributed by atoms with Crippen LogP contribution in [0.5, 0.6) is 0 Å². The lowest BCUT2D eigenvalue weighted by Gasteiger charge is -2.04. The van der Waals surface area contributed by atoms with Gasteiger partial charge in [0.2, 0.25) is 5.78 Å². The zero-order valence-corrected chi connectivity index (χ0v) is 14.5. The first kappa shape index (κ1) is 16.7. The third kappa shape index (κ3) is 3.60. The molecule has 4 rings (SSSR count). The molecule has 4 heteroatoms. The Morgan fingerprint density at radius 3 is 2.15 bits per heavy atom. The van der Waals surface area contributed by atoms with Crippen LogP contribution in [-0.4, -0.2) is 22.7 Å². The van der Waals surface area contributed by atoms with Crippen LogP contribution in [0.3, 0.4) is 0 Å². The van der Waals surface area contributed by atoms with Gasteiger partial charge in [0, 0.05) is 33.8 Å². The molecule has 0 aliphatic rings. The Labute approximate surface area is 156 Å². The lowest BCUT2D eigenvalue weighted by molar-refractivity contribution is 0.106. The molecule has 0 spiro atoms. The summed E-state index contributed by atoms with van der Waals surface area (Å²) in [6, 6.07) is 26.5. The molecule has 1 aromatic heterocycles. The number of para-hydroxylation sites is 1. The van der Waals surface area contributed by atoms with Gasteiger partial charge < -0.3 is 4.98 Å². The number of fused-ring (bicyclic) bond motifs is 1. The van der Waals surface area contributed by atoms with Gasteiger partial charge in [-0.1, -0.05) is 78.9 Å². The van der Waals surface area contributed by atoms with Gasteiger partial charge in [0.15, 0.2) is 0 Å². The Morgan fingerprint density at radius 2 is 1.41 bits per heavy atom. The summed E-state index contributed by atoms with van der Waals surface area (Å²) in [7, 11) is 0. The average molecular weight is 351 g/mol. The van der Waals surface area contributed by atoms with Gasteiger partial charge in [0.25, 0.3) is 0 Å². The number of hydrogen-bond donors (Lipinski definition) is 1. The summed E-state index contributed by atoms with van der Waals surface area (Å²) >= 11 is 0. The van der Waals surface area contributed by atoms with E-state index in [-0.39, 0.29) is 5.78 Å². The molecule has 0 amide bonds. The molecule has 0 saturated heterocycles. The van der Waals surface area contributed by atoms with Gasteiger partial charge in [-0.25, -0.2) is 0 Å². The molecule has 0 aliphatic carbocycles. The Morgan fingerprint density at radius 1 is 0.778 bits per heavy atom. The fourth-order valence-electron chi connectivity index (χ4n) is 2.91. The number of nitrogens with one attached hydrogen (secondary N) is 1. The lowest BCUT2D eigenvalue weighted by atomic mass is 10.0. The molecular formula is C23H17N3O. The number of hydrogen-bond acceptors (Lipinski definition) is 3. The summed E-state index contributed by atoms with van der Waals surface area (Å²) in [4.78, 5) is 16.1. The predicted molar refractivity (Wildman–Crippen MR) is 110 cm³/mol. The zero-order valence-electron chi connectivity index (χ0n) is 14.5. The van der Waals surface area contributed by atoms with Crippen LogP contribution in [0.2, 0.25) is 0 Å². The highest BCUT2D eigenvalue weighted by molar-refractivity contribution is 6.51. The van der Waals surface area contributed by atoms with Crippen molar-refractivity contribution in [2.75, 3.05) is 0 Å². The van der Waals surface area contributed by atoms with E-state index in [1.807, 2.05) is 79.0 Å². The van der Waals surface area contributed by atoms with Crippen molar-refractivity contribution in [1.82, 2.24) is 4.98 Å². The van der Waals surface area contributed by atoms with Crippen molar-refractivity contribution in [2.24, 2.45) is 10.2 Å². The number of Topliss-reactive ketones (excluding diaryl/α,β-unsaturated/α-hetero) is 1. The molecule has 0 saturated carbocycles. The second kappa shape index (κ2) is 7.62. The van der Waals surface area contributed by atoms with Crippen molar-refractivity contribution in [1.29, 1.82) is 0 Å². The van der Waals surface area contributed by atoms with E-state index in [0.29, 0.717) is 11.3 Å². The van der Waals surface area contributed by atoms with Crippen molar-refractivity contribution in [3.05, 3.63) is 108 Å². The van der Waals surface area contributed by atoms with E-state index in [9.17, 15) is 4.79 Å². The summed E-state index contributed by atoms with van der Waals surface area (Å²) in [5.74, 6) is -0.155. The van der Waals surface area contributed by atoms with Crippen LogP contribution in [0.15, 0.2) is 101 Å². The number of rotatable bonds is 5. The van der Waals surface area contributed by atoms with Crippen molar-refractivity contribution >= 4 is 28.6 Å². The first-order chi connectivity index (χ1) is 13.3. The highest BCUT2D eigenvalue weighted by Gasteiger charge is 2.16. The molecule has 0 fully saturated rings. The molecule has 0 aliphatic heterocycles. The quantitative estimate of drug-likeness (QED) is 0.311. The van der Waals surface area contributed by atoms with E-state index < -0.39 is 0 Å². The fraction of sp³-hybridized carbons (Fsp3) is 0. The second-order valence-electron chi connectivity index (χ2n) is 6.04. The molecule has 0 radical (unpaired) electrons. The molecule has 3 aromatic carbocycles. The monoisotopic (exact) mass is 351 g/mol. The minimum atomic E-state index is -0.155. The van der Waals surface area contributed by atoms with Crippen molar-refractivity contribution in [3.63, 3.8) is 0 Å². The molecule has 4 nitrogen and oxygen atoms in total. The smallest absolute Gasteiger partial charge is 0.213 e. The minimum Gasteiger partial charge on any atom is -0.361 e. The number of ketones is 1. The average Bonchev–Trinajstić information content (AvgIpc) is 3.15. The van der Waals surface area contributed by atoms with Gasteiger partial charge >= 0.3 is 0 Å². The van der Waals surface area contributed by atoms with Gasteiger partial charge in [-0.3, -0.25) is 4.79 Å². The van der Waals surface area contributed by atoms with Crippen molar-refractivity contribution in [2.45, 2.75) is 0 Å². The largest absolute Gasteiger partial charge is 0.361 e. The normalized spacial score (nSPS) is 11.9. The van der Waals surface area contributed by atoms with E-state index in [4.69, 9.17) is 0 Å². The van der Waals surface area contributed by atoms with Crippen LogP contribution in [0.25, 0.3) is 10.9 Å². The van der Waals surface area contributed by atoms with Crippen LogP contribution in [0.1, 0.15) is 21.5 Å². The van der Waals surface area contributed by atoms with Crippen LogP contribution in [0, 0.1) is 0 Å². The Hall–Kier alpha value is -3.79. The lowest BCUT2D eigenvalue weighted by Crippen LogP contribution is -2.15. The Bertz CT molecular complexity index is 1130. The van der Waals surface area contributed by atoms with Crippen LogP contribution < -0.4 is 0 Å². The molecule has 130 valence electrons. The first-order valence-electron chi connectivity index (χ1n) is 8.65. The van der Waals surface area contributed by atoms with Gasteiger partial charge in [-0.2, -0.15) is 5.10 Å². The van der Waals surface area contributed by atoms with Gasteiger partial charge in [-0.05, 0) is 6.07 Å². The van der Waals surface area contributed by atoms with Gasteiger partial charge in [0.05, 0.1) is 6.21 Å². The first-order valence-corrected chi connectivity index (χ1v) is 8.65. The van der Waals surface area contributed by atoms with E-state index in [0.717, 1.165) is 22.0 Å². The highest BCUT2D eigenvalue weighted by atomic mass is 16.1. The highest BCUT2D eigenvalue weighted by Crippen LogP contribution is 2.16. The van der Waals surface area contributed by atoms with Crippen molar-refractivity contribution < 1.29 is 4.79 Å². The number of carbonyl (C=O) groups is 1. The van der Waals surface area contributed by atoms with Crippen LogP contribution in [0.4, 0.5) is 0 Å². The summed E-state index contributed by atoms with van der Waals surface area (Å²) in [5.41, 5.74) is 3.60. The Kier molecular flexibility index (Phi) is 4.70. The maximum Gasteiger partial charge on any atom is 0.213 e. The number of carbonyl (C=O) groups excluding carboxylic acids is 1. The van der Waals surface area contributed by atoms with Crippen LogP contribution >= 0.6 is 0 Å². The van der Waals surface area contributed by atoms with E-state index in [1.54, 1.807) is 18.3 Å². The molecule has 0 atom stereocenters. The fourth-order valence-corrected chi connectivity index (χ4v) is 2.91. The topological polar surface area (TPSA) is 57.6 Å². The number of nitrogens with zero attached hydrogens (tertiary/aromatic N) is 2. The van der Waals surface area contributed by atoms with E-state index in [2.05, 4.69) is 15.2 Å². The number of benzene rings is 3. The van der Waals surface area contributed by atoms with Crippen molar-refractivity contribution in [3.8, 4) is 0 Å². The summed E-state index contributed by atoms with van der Waals surface area (Å²) in [5, 5.41) is 9.55. The minimum absolute atomic E-state index is 0.155. The summed E-state index contributed by atoms with van der Waals surface area (Å²) in [6.45, 7) is 0. The van der Waals surface area contributed by atoms with Gasteiger partial charge in [-0.15, -0.1) is 5.10 Å².